The van der Waals surface area contributed by atoms with Gasteiger partial charge in [-0.2, -0.15) is 0 Å². The van der Waals surface area contributed by atoms with Crippen LogP contribution in [0, 0.1) is 6.92 Å². The van der Waals surface area contributed by atoms with Gasteiger partial charge in [-0.05, 0) is 37.3 Å². The van der Waals surface area contributed by atoms with E-state index in [4.69, 9.17) is 4.74 Å². The molecule has 1 N–H and O–H groups in total. The Labute approximate surface area is 119 Å². The Morgan fingerprint density at radius 2 is 2.11 bits per heavy atom. The third-order valence-corrected chi connectivity index (χ3v) is 3.03. The zero-order valence-electron chi connectivity index (χ0n) is 10.6. The van der Waals surface area contributed by atoms with Crippen LogP contribution in [0.1, 0.15) is 16.1 Å². The van der Waals surface area contributed by atoms with Crippen molar-refractivity contribution < 1.29 is 9.53 Å². The van der Waals surface area contributed by atoms with Crippen LogP contribution in [-0.4, -0.2) is 18.0 Å². The number of pyridine rings is 1. The molecular formula is C14H13BrN2O2. The minimum Gasteiger partial charge on any atom is -0.496 e. The topological polar surface area (TPSA) is 51.2 Å². The maximum Gasteiger partial charge on any atom is 0.260 e. The molecule has 0 aliphatic rings. The van der Waals surface area contributed by atoms with E-state index in [1.807, 2.05) is 19.1 Å². The number of carbonyl (C=O) groups is 1. The molecule has 1 amide bonds. The first-order chi connectivity index (χ1) is 9.10. The molecule has 0 aliphatic carbocycles. The smallest absolute Gasteiger partial charge is 0.260 e. The molecule has 0 bridgehead atoms. The van der Waals surface area contributed by atoms with E-state index in [0.29, 0.717) is 17.1 Å². The molecule has 0 unspecified atom stereocenters. The van der Waals surface area contributed by atoms with E-state index in [9.17, 15) is 4.79 Å². The van der Waals surface area contributed by atoms with Crippen LogP contribution in [0.25, 0.3) is 0 Å². The minimum absolute atomic E-state index is 0.248. The maximum absolute atomic E-state index is 12.2. The highest BCUT2D eigenvalue weighted by molar-refractivity contribution is 9.10. The van der Waals surface area contributed by atoms with E-state index < -0.39 is 0 Å². The summed E-state index contributed by atoms with van der Waals surface area (Å²) < 4.78 is 6.05. The number of benzene rings is 1. The lowest BCUT2D eigenvalue weighted by molar-refractivity contribution is 0.102. The van der Waals surface area contributed by atoms with Gasteiger partial charge in [0.15, 0.2) is 0 Å². The van der Waals surface area contributed by atoms with Crippen LogP contribution in [-0.2, 0) is 0 Å². The summed E-state index contributed by atoms with van der Waals surface area (Å²) in [5.41, 5.74) is 1.31. The number of carbonyl (C=O) groups excluding carboxylic acids is 1. The number of hydrogen-bond donors (Lipinski definition) is 1. The Morgan fingerprint density at radius 1 is 1.32 bits per heavy atom. The molecule has 0 saturated heterocycles. The van der Waals surface area contributed by atoms with Crippen molar-refractivity contribution in [3.63, 3.8) is 0 Å². The number of aromatic nitrogens is 1. The number of anilines is 1. The first-order valence-electron chi connectivity index (χ1n) is 5.68. The molecule has 0 fully saturated rings. The van der Waals surface area contributed by atoms with Gasteiger partial charge in [-0.25, -0.2) is 4.98 Å². The summed E-state index contributed by atoms with van der Waals surface area (Å²) in [7, 11) is 1.53. The molecule has 0 spiro atoms. The molecule has 1 aromatic heterocycles. The van der Waals surface area contributed by atoms with Crippen LogP contribution in [0.2, 0.25) is 0 Å². The average molecular weight is 321 g/mol. The molecule has 0 saturated carbocycles. The van der Waals surface area contributed by atoms with Gasteiger partial charge >= 0.3 is 0 Å². The van der Waals surface area contributed by atoms with Crippen LogP contribution >= 0.6 is 15.9 Å². The molecule has 0 radical (unpaired) electrons. The molecule has 0 atom stereocenters. The van der Waals surface area contributed by atoms with Crippen LogP contribution in [0.3, 0.4) is 0 Å². The number of methoxy groups -OCH3 is 1. The molecule has 0 aliphatic heterocycles. The first-order valence-corrected chi connectivity index (χ1v) is 6.48. The highest BCUT2D eigenvalue weighted by Gasteiger charge is 2.13. The number of halogens is 1. The van der Waals surface area contributed by atoms with E-state index in [2.05, 4.69) is 26.2 Å². The highest BCUT2D eigenvalue weighted by atomic mass is 79.9. The van der Waals surface area contributed by atoms with Crippen LogP contribution in [0.5, 0.6) is 5.75 Å². The summed E-state index contributed by atoms with van der Waals surface area (Å²) in [5.74, 6) is 0.789. The lowest BCUT2D eigenvalue weighted by Gasteiger charge is -2.09. The summed E-state index contributed by atoms with van der Waals surface area (Å²) in [6.07, 6.45) is 0. The fourth-order valence-corrected chi connectivity index (χ4v) is 1.99. The number of aryl methyl sites for hydroxylation is 1. The molecular weight excluding hydrogens is 308 g/mol. The lowest BCUT2D eigenvalue weighted by atomic mass is 10.2. The second-order valence-electron chi connectivity index (χ2n) is 3.96. The second-order valence-corrected chi connectivity index (χ2v) is 4.88. The molecule has 2 rings (SSSR count). The summed E-state index contributed by atoms with van der Waals surface area (Å²) in [5, 5.41) is 2.75. The van der Waals surface area contributed by atoms with Gasteiger partial charge in [0, 0.05) is 10.2 Å². The fourth-order valence-electron chi connectivity index (χ4n) is 1.65. The number of nitrogens with zero attached hydrogens (tertiary/aromatic N) is 1. The SMILES string of the molecule is COc1cc(Br)ccc1C(=O)Nc1cccc(C)n1. The molecule has 1 aromatic carbocycles. The molecule has 98 valence electrons. The van der Waals surface area contributed by atoms with Crippen molar-refractivity contribution in [1.29, 1.82) is 0 Å². The number of nitrogens with one attached hydrogen (secondary N) is 1. The third kappa shape index (κ3) is 3.32. The number of rotatable bonds is 3. The Bertz CT molecular complexity index is 614. The van der Waals surface area contributed by atoms with E-state index in [1.165, 1.54) is 7.11 Å². The van der Waals surface area contributed by atoms with Gasteiger partial charge in [-0.3, -0.25) is 4.79 Å². The minimum atomic E-state index is -0.248. The van der Waals surface area contributed by atoms with Gasteiger partial charge < -0.3 is 10.1 Å². The van der Waals surface area contributed by atoms with Crippen molar-refractivity contribution in [1.82, 2.24) is 4.98 Å². The quantitative estimate of drug-likeness (QED) is 0.942. The van der Waals surface area contributed by atoms with Crippen LogP contribution in [0.15, 0.2) is 40.9 Å². The van der Waals surface area contributed by atoms with Gasteiger partial charge in [0.05, 0.1) is 12.7 Å². The van der Waals surface area contributed by atoms with Crippen molar-refractivity contribution in [2.45, 2.75) is 6.92 Å². The predicted molar refractivity (Wildman–Crippen MR) is 77.6 cm³/mol. The summed E-state index contributed by atoms with van der Waals surface area (Å²) in [4.78, 5) is 16.4. The van der Waals surface area contributed by atoms with E-state index in [1.54, 1.807) is 24.3 Å². The van der Waals surface area contributed by atoms with Crippen molar-refractivity contribution in [2.24, 2.45) is 0 Å². The molecule has 2 aromatic rings. The monoisotopic (exact) mass is 320 g/mol. The van der Waals surface area contributed by atoms with Crippen LogP contribution in [0.4, 0.5) is 5.82 Å². The second kappa shape index (κ2) is 5.84. The summed E-state index contributed by atoms with van der Waals surface area (Å²) in [6.45, 7) is 1.87. The van der Waals surface area contributed by atoms with Gasteiger partial charge in [0.2, 0.25) is 0 Å². The van der Waals surface area contributed by atoms with Gasteiger partial charge in [0.1, 0.15) is 11.6 Å². The van der Waals surface area contributed by atoms with Crippen molar-refractivity contribution in [2.75, 3.05) is 12.4 Å². The van der Waals surface area contributed by atoms with E-state index >= 15 is 0 Å². The number of amides is 1. The Morgan fingerprint density at radius 3 is 2.79 bits per heavy atom. The fraction of sp³-hybridized carbons (Fsp3) is 0.143. The van der Waals surface area contributed by atoms with Gasteiger partial charge in [-0.15, -0.1) is 0 Å². The van der Waals surface area contributed by atoms with Gasteiger partial charge in [0.25, 0.3) is 5.91 Å². The summed E-state index contributed by atoms with van der Waals surface area (Å²) >= 11 is 3.34. The summed E-state index contributed by atoms with van der Waals surface area (Å²) in [6, 6.07) is 10.7. The molecule has 4 nitrogen and oxygen atoms in total. The number of hydrogen-bond acceptors (Lipinski definition) is 3. The Kier molecular flexibility index (Phi) is 4.16. The predicted octanol–water partition coefficient (Wildman–Crippen LogP) is 3.41. The molecule has 1 heterocycles. The largest absolute Gasteiger partial charge is 0.496 e. The number of ether oxygens (including phenoxy) is 1. The average Bonchev–Trinajstić information content (AvgIpc) is 2.38. The highest BCUT2D eigenvalue weighted by Crippen LogP contribution is 2.24. The van der Waals surface area contributed by atoms with Crippen molar-refractivity contribution in [3.8, 4) is 5.75 Å². The molecule has 19 heavy (non-hydrogen) atoms. The molecule has 5 heteroatoms. The Hall–Kier alpha value is -1.88. The standard InChI is InChI=1S/C14H13BrN2O2/c1-9-4-3-5-13(16-9)17-14(18)11-7-6-10(15)8-12(11)19-2/h3-8H,1-2H3,(H,16,17,18). The Balaban J connectivity index is 2.25. The van der Waals surface area contributed by atoms with Crippen molar-refractivity contribution in [3.05, 3.63) is 52.1 Å². The third-order valence-electron chi connectivity index (χ3n) is 2.54. The zero-order valence-corrected chi connectivity index (χ0v) is 12.2. The normalized spacial score (nSPS) is 10.1. The maximum atomic E-state index is 12.2. The van der Waals surface area contributed by atoms with Gasteiger partial charge in [-0.1, -0.05) is 22.0 Å². The van der Waals surface area contributed by atoms with Crippen molar-refractivity contribution >= 4 is 27.7 Å². The lowest BCUT2D eigenvalue weighted by Crippen LogP contribution is -2.14. The van der Waals surface area contributed by atoms with Crippen LogP contribution < -0.4 is 10.1 Å². The first kappa shape index (κ1) is 13.5. The zero-order chi connectivity index (χ0) is 13.8. The van der Waals surface area contributed by atoms with E-state index in [0.717, 1.165) is 10.2 Å². The van der Waals surface area contributed by atoms with E-state index in [-0.39, 0.29) is 5.91 Å².